The van der Waals surface area contributed by atoms with E-state index in [1.807, 2.05) is 0 Å². The molecule has 0 aromatic carbocycles. The third kappa shape index (κ3) is 2.27. The van der Waals surface area contributed by atoms with Crippen molar-refractivity contribution >= 4 is 0 Å². The highest BCUT2D eigenvalue weighted by molar-refractivity contribution is 5.11. The van der Waals surface area contributed by atoms with Gasteiger partial charge in [-0.05, 0) is 19.8 Å². The molecule has 0 fully saturated rings. The molecule has 1 aliphatic carbocycles. The fourth-order valence-corrected chi connectivity index (χ4v) is 1.05. The highest BCUT2D eigenvalue weighted by Crippen LogP contribution is 2.11. The summed E-state index contributed by atoms with van der Waals surface area (Å²) in [5.74, 6) is 6.95. The van der Waals surface area contributed by atoms with Crippen LogP contribution in [0.1, 0.15) is 33.1 Å². The Kier molecular flexibility index (Phi) is 2.57. The van der Waals surface area contributed by atoms with E-state index in [0.717, 1.165) is 12.8 Å². The van der Waals surface area contributed by atoms with E-state index in [9.17, 15) is 0 Å². The van der Waals surface area contributed by atoms with Gasteiger partial charge in [0.1, 0.15) is 0 Å². The first-order valence-corrected chi connectivity index (χ1v) is 3.93. The zero-order valence-electron chi connectivity index (χ0n) is 6.78. The molecule has 0 nitrogen and oxygen atoms in total. The van der Waals surface area contributed by atoms with E-state index in [2.05, 4.69) is 31.8 Å². The van der Waals surface area contributed by atoms with Crippen LogP contribution in [0.25, 0.3) is 0 Å². The van der Waals surface area contributed by atoms with E-state index in [1.165, 1.54) is 12.0 Å². The largest absolute Gasteiger partial charge is 0.103 e. The van der Waals surface area contributed by atoms with Crippen LogP contribution in [0.15, 0.2) is 11.6 Å². The molecular weight excluding hydrogens is 120 g/mol. The Morgan fingerprint density at radius 1 is 1.60 bits per heavy atom. The van der Waals surface area contributed by atoms with Gasteiger partial charge in [-0.15, -0.1) is 5.92 Å². The second-order valence-corrected chi connectivity index (χ2v) is 3.01. The summed E-state index contributed by atoms with van der Waals surface area (Å²) in [6.45, 7) is 4.38. The molecule has 0 spiro atoms. The smallest absolute Gasteiger partial charge is 0.0209 e. The minimum Gasteiger partial charge on any atom is -0.103 e. The first kappa shape index (κ1) is 7.41. The quantitative estimate of drug-likeness (QED) is 0.353. The molecule has 0 aliphatic heterocycles. The van der Waals surface area contributed by atoms with Gasteiger partial charge in [0.25, 0.3) is 0 Å². The zero-order chi connectivity index (χ0) is 7.40. The van der Waals surface area contributed by atoms with Gasteiger partial charge in [0.2, 0.25) is 0 Å². The molecule has 0 aromatic heterocycles. The van der Waals surface area contributed by atoms with Crippen LogP contribution in [0.2, 0.25) is 0 Å². The van der Waals surface area contributed by atoms with Gasteiger partial charge in [0, 0.05) is 12.3 Å². The third-order valence-electron chi connectivity index (χ3n) is 1.81. The normalized spacial score (nSPS) is 25.4. The Morgan fingerprint density at radius 3 is 3.20 bits per heavy atom. The minimum atomic E-state index is 0.565. The lowest BCUT2D eigenvalue weighted by molar-refractivity contribution is 0.755. The van der Waals surface area contributed by atoms with E-state index < -0.39 is 0 Å². The third-order valence-corrected chi connectivity index (χ3v) is 1.81. The van der Waals surface area contributed by atoms with Crippen LogP contribution in [0.5, 0.6) is 0 Å². The van der Waals surface area contributed by atoms with Crippen molar-refractivity contribution in [1.29, 1.82) is 0 Å². The molecule has 1 atom stereocenters. The van der Waals surface area contributed by atoms with Gasteiger partial charge in [0.05, 0.1) is 0 Å². The van der Waals surface area contributed by atoms with Gasteiger partial charge in [-0.3, -0.25) is 0 Å². The van der Waals surface area contributed by atoms with Gasteiger partial charge < -0.3 is 0 Å². The van der Waals surface area contributed by atoms with Crippen LogP contribution >= 0.6 is 0 Å². The highest BCUT2D eigenvalue weighted by atomic mass is 14.0. The molecule has 0 bridgehead atoms. The van der Waals surface area contributed by atoms with Crippen molar-refractivity contribution in [1.82, 2.24) is 0 Å². The average Bonchev–Trinajstić information content (AvgIpc) is 1.90. The van der Waals surface area contributed by atoms with E-state index in [-0.39, 0.29) is 0 Å². The summed E-state index contributed by atoms with van der Waals surface area (Å²) in [6, 6.07) is 0. The Morgan fingerprint density at radius 2 is 2.40 bits per heavy atom. The minimum absolute atomic E-state index is 0.565. The Labute approximate surface area is 63.3 Å². The Bertz CT molecular complexity index is 188. The second-order valence-electron chi connectivity index (χ2n) is 3.01. The van der Waals surface area contributed by atoms with Gasteiger partial charge >= 0.3 is 0 Å². The molecule has 0 aromatic rings. The Hall–Kier alpha value is -0.700. The Balaban J connectivity index is 2.57. The highest BCUT2D eigenvalue weighted by Gasteiger charge is 1.97. The van der Waals surface area contributed by atoms with Crippen LogP contribution in [-0.2, 0) is 0 Å². The monoisotopic (exact) mass is 134 g/mol. The maximum atomic E-state index is 3.21. The van der Waals surface area contributed by atoms with Gasteiger partial charge in [-0.1, -0.05) is 24.5 Å². The van der Waals surface area contributed by atoms with Crippen molar-refractivity contribution in [2.24, 2.45) is 5.92 Å². The number of rotatable bonds is 0. The maximum Gasteiger partial charge on any atom is 0.0209 e. The van der Waals surface area contributed by atoms with Crippen LogP contribution in [-0.4, -0.2) is 0 Å². The lowest BCUT2D eigenvalue weighted by atomic mass is 10.0. The van der Waals surface area contributed by atoms with E-state index >= 15 is 0 Å². The average molecular weight is 134 g/mol. The van der Waals surface area contributed by atoms with Crippen molar-refractivity contribution in [2.75, 3.05) is 0 Å². The molecule has 1 aliphatic rings. The molecule has 0 heteroatoms. The van der Waals surface area contributed by atoms with Crippen molar-refractivity contribution in [3.05, 3.63) is 11.6 Å². The first-order chi connectivity index (χ1) is 4.79. The summed E-state index contributed by atoms with van der Waals surface area (Å²) >= 11 is 0. The van der Waals surface area contributed by atoms with E-state index in [4.69, 9.17) is 0 Å². The molecule has 0 saturated heterocycles. The number of hydrogen-bond donors (Lipinski definition) is 0. The van der Waals surface area contributed by atoms with Gasteiger partial charge in [0.15, 0.2) is 0 Å². The van der Waals surface area contributed by atoms with Crippen LogP contribution in [0.3, 0.4) is 0 Å². The predicted octanol–water partition coefficient (Wildman–Crippen LogP) is 2.76. The van der Waals surface area contributed by atoms with Crippen LogP contribution in [0, 0.1) is 17.8 Å². The lowest BCUT2D eigenvalue weighted by Crippen LogP contribution is -1.91. The maximum absolute atomic E-state index is 3.21. The molecule has 1 unspecified atom stereocenters. The molecule has 1 rings (SSSR count). The molecule has 0 N–H and O–H groups in total. The summed E-state index contributed by atoms with van der Waals surface area (Å²) in [7, 11) is 0. The van der Waals surface area contributed by atoms with E-state index in [0.29, 0.717) is 5.92 Å². The molecule has 0 heterocycles. The summed E-state index contributed by atoms with van der Waals surface area (Å²) in [5.41, 5.74) is 1.50. The van der Waals surface area contributed by atoms with Crippen LogP contribution < -0.4 is 0 Å². The van der Waals surface area contributed by atoms with Crippen molar-refractivity contribution in [3.8, 4) is 11.8 Å². The first-order valence-electron chi connectivity index (χ1n) is 3.93. The fourth-order valence-electron chi connectivity index (χ4n) is 1.05. The zero-order valence-corrected chi connectivity index (χ0v) is 6.78. The molecule has 0 amide bonds. The standard InChI is InChI=1S/C10H14/c1-9-5-3-4-6-10(2)8-7-9/h7,10H,3,5,8H2,1-2H3. The van der Waals surface area contributed by atoms with Crippen molar-refractivity contribution < 1.29 is 0 Å². The SMILES string of the molecule is CC1=CCC(C)C#CCC1. The van der Waals surface area contributed by atoms with Gasteiger partial charge in [-0.2, -0.15) is 0 Å². The molecular formula is C10H14. The van der Waals surface area contributed by atoms with Crippen molar-refractivity contribution in [2.45, 2.75) is 33.1 Å². The fraction of sp³-hybridized carbons (Fsp3) is 0.600. The molecule has 10 heavy (non-hydrogen) atoms. The summed E-state index contributed by atoms with van der Waals surface area (Å²) in [4.78, 5) is 0. The molecule has 54 valence electrons. The predicted molar refractivity (Wildman–Crippen MR) is 44.5 cm³/mol. The molecule has 0 saturated carbocycles. The summed E-state index contributed by atoms with van der Waals surface area (Å²) in [5, 5.41) is 0. The second kappa shape index (κ2) is 3.46. The van der Waals surface area contributed by atoms with Gasteiger partial charge in [-0.25, -0.2) is 0 Å². The number of hydrogen-bond acceptors (Lipinski definition) is 0. The van der Waals surface area contributed by atoms with Crippen LogP contribution in [0.4, 0.5) is 0 Å². The number of allylic oxidation sites excluding steroid dienone is 2. The summed E-state index contributed by atoms with van der Waals surface area (Å²) < 4.78 is 0. The lowest BCUT2D eigenvalue weighted by Gasteiger charge is -2.03. The topological polar surface area (TPSA) is 0 Å². The molecule has 0 radical (unpaired) electrons. The summed E-state index contributed by atoms with van der Waals surface area (Å²) in [6.07, 6.45) is 5.67. The van der Waals surface area contributed by atoms with E-state index in [1.54, 1.807) is 0 Å². The van der Waals surface area contributed by atoms with Crippen molar-refractivity contribution in [3.63, 3.8) is 0 Å².